The van der Waals surface area contributed by atoms with Crippen LogP contribution < -0.4 is 4.74 Å². The molecule has 2 rings (SSSR count). The minimum absolute atomic E-state index is 0.315. The first-order chi connectivity index (χ1) is 6.25. The highest BCUT2D eigenvalue weighted by atomic mass is 16.5. The molecule has 0 radical (unpaired) electrons. The molecule has 0 saturated heterocycles. The molecule has 0 aromatic heterocycles. The van der Waals surface area contributed by atoms with Crippen LogP contribution in [-0.2, 0) is 6.42 Å². The average molecular weight is 174 g/mol. The summed E-state index contributed by atoms with van der Waals surface area (Å²) in [5.41, 5.74) is 2.52. The maximum Gasteiger partial charge on any atom is 0.123 e. The minimum atomic E-state index is 0.315. The van der Waals surface area contributed by atoms with Gasteiger partial charge in [-0.3, -0.25) is 0 Å². The van der Waals surface area contributed by atoms with E-state index in [0.717, 1.165) is 18.6 Å². The molecule has 1 nitrogen and oxygen atoms in total. The lowest BCUT2D eigenvalue weighted by atomic mass is 10.1. The van der Waals surface area contributed by atoms with Gasteiger partial charge < -0.3 is 4.74 Å². The highest BCUT2D eigenvalue weighted by Gasteiger charge is 2.21. The molecular weight excluding hydrogens is 160 g/mol. The third kappa shape index (κ3) is 1.74. The Bertz CT molecular complexity index is 303. The Morgan fingerprint density at radius 3 is 3.00 bits per heavy atom. The molecule has 0 aliphatic carbocycles. The summed E-state index contributed by atoms with van der Waals surface area (Å²) in [6, 6.07) is 8.24. The Balaban J connectivity index is 2.09. The zero-order valence-electron chi connectivity index (χ0n) is 7.92. The molecular formula is C12H14O. The van der Waals surface area contributed by atoms with Crippen molar-refractivity contribution in [3.63, 3.8) is 0 Å². The van der Waals surface area contributed by atoms with Crippen LogP contribution in [0.2, 0.25) is 0 Å². The fraction of sp³-hybridized carbons (Fsp3) is 0.333. The molecule has 0 bridgehead atoms. The van der Waals surface area contributed by atoms with Crippen molar-refractivity contribution in [3.05, 3.63) is 42.0 Å². The van der Waals surface area contributed by atoms with Crippen molar-refractivity contribution in [2.24, 2.45) is 0 Å². The molecule has 0 amide bonds. The van der Waals surface area contributed by atoms with Gasteiger partial charge in [0, 0.05) is 12.8 Å². The lowest BCUT2D eigenvalue weighted by molar-refractivity contribution is 0.233. The van der Waals surface area contributed by atoms with E-state index < -0.39 is 0 Å². The fourth-order valence-corrected chi connectivity index (χ4v) is 1.76. The average Bonchev–Trinajstić information content (AvgIpc) is 2.44. The highest BCUT2D eigenvalue weighted by molar-refractivity contribution is 5.37. The summed E-state index contributed by atoms with van der Waals surface area (Å²) in [4.78, 5) is 0. The number of rotatable bonds is 2. The predicted molar refractivity (Wildman–Crippen MR) is 54.0 cm³/mol. The molecule has 1 aromatic carbocycles. The second-order valence-electron chi connectivity index (χ2n) is 3.71. The number of hydrogen-bond acceptors (Lipinski definition) is 1. The monoisotopic (exact) mass is 174 g/mol. The maximum atomic E-state index is 5.76. The van der Waals surface area contributed by atoms with E-state index in [1.54, 1.807) is 0 Å². The summed E-state index contributed by atoms with van der Waals surface area (Å²) < 4.78 is 5.76. The zero-order chi connectivity index (χ0) is 9.26. The fourth-order valence-electron chi connectivity index (χ4n) is 1.76. The molecule has 1 atom stereocenters. The van der Waals surface area contributed by atoms with Gasteiger partial charge in [-0.15, -0.1) is 6.58 Å². The Morgan fingerprint density at radius 1 is 1.54 bits per heavy atom. The molecule has 1 aliphatic rings. The summed E-state index contributed by atoms with van der Waals surface area (Å²) in [7, 11) is 0. The van der Waals surface area contributed by atoms with Crippen LogP contribution in [0.25, 0.3) is 0 Å². The van der Waals surface area contributed by atoms with Crippen LogP contribution in [0.3, 0.4) is 0 Å². The summed E-state index contributed by atoms with van der Waals surface area (Å²) in [5, 5.41) is 0. The van der Waals surface area contributed by atoms with Crippen LogP contribution in [-0.4, -0.2) is 6.10 Å². The summed E-state index contributed by atoms with van der Waals surface area (Å²) in [6.07, 6.45) is 2.31. The first-order valence-corrected chi connectivity index (χ1v) is 4.64. The van der Waals surface area contributed by atoms with E-state index in [0.29, 0.717) is 6.10 Å². The van der Waals surface area contributed by atoms with Crippen LogP contribution in [0.15, 0.2) is 36.4 Å². The van der Waals surface area contributed by atoms with Crippen molar-refractivity contribution in [1.82, 2.24) is 0 Å². The van der Waals surface area contributed by atoms with Gasteiger partial charge in [0.2, 0.25) is 0 Å². The first kappa shape index (κ1) is 8.36. The topological polar surface area (TPSA) is 9.23 Å². The van der Waals surface area contributed by atoms with E-state index in [1.165, 1.54) is 11.1 Å². The van der Waals surface area contributed by atoms with Gasteiger partial charge in [0.05, 0.1) is 0 Å². The first-order valence-electron chi connectivity index (χ1n) is 4.64. The second kappa shape index (κ2) is 3.25. The smallest absolute Gasteiger partial charge is 0.123 e. The van der Waals surface area contributed by atoms with Gasteiger partial charge in [0.25, 0.3) is 0 Å². The van der Waals surface area contributed by atoms with Crippen molar-refractivity contribution in [2.45, 2.75) is 25.9 Å². The van der Waals surface area contributed by atoms with E-state index in [1.807, 2.05) is 19.1 Å². The summed E-state index contributed by atoms with van der Waals surface area (Å²) >= 11 is 0. The molecule has 1 aliphatic heterocycles. The normalized spacial score (nSPS) is 19.3. The minimum Gasteiger partial charge on any atom is -0.489 e. The Hall–Kier alpha value is -1.24. The molecule has 1 aromatic rings. The van der Waals surface area contributed by atoms with Gasteiger partial charge in [0.15, 0.2) is 0 Å². The van der Waals surface area contributed by atoms with E-state index in [4.69, 9.17) is 4.74 Å². The quantitative estimate of drug-likeness (QED) is 0.626. The van der Waals surface area contributed by atoms with Crippen molar-refractivity contribution >= 4 is 0 Å². The maximum absolute atomic E-state index is 5.76. The standard InChI is InChI=1S/C12H14O/c1-9(2)7-11-8-10-5-3-4-6-12(10)13-11/h3-6,11H,1,7-8H2,2H3. The van der Waals surface area contributed by atoms with E-state index in [-0.39, 0.29) is 0 Å². The molecule has 0 N–H and O–H groups in total. The molecule has 0 saturated carbocycles. The van der Waals surface area contributed by atoms with Crippen LogP contribution >= 0.6 is 0 Å². The van der Waals surface area contributed by atoms with E-state index >= 15 is 0 Å². The van der Waals surface area contributed by atoms with Gasteiger partial charge in [-0.05, 0) is 18.6 Å². The molecule has 1 heteroatoms. The van der Waals surface area contributed by atoms with E-state index in [2.05, 4.69) is 18.7 Å². The van der Waals surface area contributed by atoms with Gasteiger partial charge in [-0.25, -0.2) is 0 Å². The molecule has 1 heterocycles. The van der Waals surface area contributed by atoms with Crippen LogP contribution in [0, 0.1) is 0 Å². The lowest BCUT2D eigenvalue weighted by Crippen LogP contribution is -2.12. The SMILES string of the molecule is C=C(C)CC1Cc2ccccc2O1. The third-order valence-corrected chi connectivity index (χ3v) is 2.29. The Kier molecular flexibility index (Phi) is 2.09. The van der Waals surface area contributed by atoms with Gasteiger partial charge in [-0.2, -0.15) is 0 Å². The number of para-hydroxylation sites is 1. The van der Waals surface area contributed by atoms with Gasteiger partial charge >= 0.3 is 0 Å². The Labute approximate surface area is 79.0 Å². The van der Waals surface area contributed by atoms with Crippen LogP contribution in [0.1, 0.15) is 18.9 Å². The molecule has 1 unspecified atom stereocenters. The number of hydrogen-bond donors (Lipinski definition) is 0. The molecule has 13 heavy (non-hydrogen) atoms. The summed E-state index contributed by atoms with van der Waals surface area (Å²) in [5.74, 6) is 1.05. The van der Waals surface area contributed by atoms with Crippen molar-refractivity contribution in [1.29, 1.82) is 0 Å². The summed E-state index contributed by atoms with van der Waals surface area (Å²) in [6.45, 7) is 5.95. The molecule has 0 spiro atoms. The predicted octanol–water partition coefficient (Wildman–Crippen LogP) is 2.96. The van der Waals surface area contributed by atoms with Crippen molar-refractivity contribution in [2.75, 3.05) is 0 Å². The molecule has 0 fully saturated rings. The van der Waals surface area contributed by atoms with Crippen molar-refractivity contribution < 1.29 is 4.74 Å². The van der Waals surface area contributed by atoms with Crippen molar-refractivity contribution in [3.8, 4) is 5.75 Å². The lowest BCUT2D eigenvalue weighted by Gasteiger charge is -2.09. The third-order valence-electron chi connectivity index (χ3n) is 2.29. The Morgan fingerprint density at radius 2 is 2.31 bits per heavy atom. The van der Waals surface area contributed by atoms with Gasteiger partial charge in [-0.1, -0.05) is 23.8 Å². The van der Waals surface area contributed by atoms with E-state index in [9.17, 15) is 0 Å². The number of benzene rings is 1. The van der Waals surface area contributed by atoms with Gasteiger partial charge in [0.1, 0.15) is 11.9 Å². The zero-order valence-corrected chi connectivity index (χ0v) is 7.92. The van der Waals surface area contributed by atoms with Crippen LogP contribution in [0.4, 0.5) is 0 Å². The number of ether oxygens (including phenoxy) is 1. The molecule has 68 valence electrons. The number of fused-ring (bicyclic) bond motifs is 1. The second-order valence-corrected chi connectivity index (χ2v) is 3.71. The highest BCUT2D eigenvalue weighted by Crippen LogP contribution is 2.30. The van der Waals surface area contributed by atoms with Crippen LogP contribution in [0.5, 0.6) is 5.75 Å². The largest absolute Gasteiger partial charge is 0.489 e.